The molecule has 2 aromatic rings. The number of anilines is 2. The van der Waals surface area contributed by atoms with Crippen LogP contribution in [0.2, 0.25) is 0 Å². The van der Waals surface area contributed by atoms with E-state index < -0.39 is 0 Å². The lowest BCUT2D eigenvalue weighted by Gasteiger charge is -1.74. The molecule has 2 heterocycles. The molecule has 10 heavy (non-hydrogen) atoms. The first-order valence-corrected chi connectivity index (χ1v) is 2.63. The van der Waals surface area contributed by atoms with Crippen molar-refractivity contribution >= 4 is 17.7 Å². The van der Waals surface area contributed by atoms with E-state index in [2.05, 4.69) is 10.1 Å². The van der Waals surface area contributed by atoms with E-state index >= 15 is 0 Å². The summed E-state index contributed by atoms with van der Waals surface area (Å²) in [4.78, 5) is 3.77. The molecule has 0 amide bonds. The fourth-order valence-corrected chi connectivity index (χ4v) is 0.732. The van der Waals surface area contributed by atoms with Crippen LogP contribution in [0.4, 0.5) is 11.8 Å². The standard InChI is InChI=1S/C4H5N5O/c5-2-1-9-4(7-2)10-3(6)8-9/h1H,5H2,(H2,6,8). The zero-order valence-electron chi connectivity index (χ0n) is 4.98. The van der Waals surface area contributed by atoms with Crippen LogP contribution in [0.25, 0.3) is 5.84 Å². The van der Waals surface area contributed by atoms with E-state index in [0.29, 0.717) is 11.7 Å². The van der Waals surface area contributed by atoms with E-state index in [0.717, 1.165) is 0 Å². The second kappa shape index (κ2) is 1.41. The molecule has 0 aliphatic heterocycles. The summed E-state index contributed by atoms with van der Waals surface area (Å²) in [6.07, 6.45) is 1.52. The van der Waals surface area contributed by atoms with Crippen molar-refractivity contribution in [3.05, 3.63) is 6.20 Å². The minimum absolute atomic E-state index is 0.0856. The molecule has 6 nitrogen and oxygen atoms in total. The number of hydrogen-bond donors (Lipinski definition) is 2. The van der Waals surface area contributed by atoms with Gasteiger partial charge in [0.15, 0.2) is 0 Å². The Bertz CT molecular complexity index is 297. The highest BCUT2D eigenvalue weighted by molar-refractivity contribution is 5.38. The summed E-state index contributed by atoms with van der Waals surface area (Å²) >= 11 is 0. The molecular weight excluding hydrogens is 134 g/mol. The van der Waals surface area contributed by atoms with Crippen molar-refractivity contribution in [2.24, 2.45) is 0 Å². The number of hydrogen-bond acceptors (Lipinski definition) is 5. The van der Waals surface area contributed by atoms with Crippen molar-refractivity contribution < 1.29 is 4.42 Å². The lowest BCUT2D eigenvalue weighted by Crippen LogP contribution is -1.87. The van der Waals surface area contributed by atoms with Gasteiger partial charge in [0.1, 0.15) is 5.82 Å². The van der Waals surface area contributed by atoms with Crippen molar-refractivity contribution in [2.75, 3.05) is 11.5 Å². The monoisotopic (exact) mass is 139 g/mol. The molecule has 0 bridgehead atoms. The number of imidazole rings is 1. The van der Waals surface area contributed by atoms with Gasteiger partial charge in [0.2, 0.25) is 0 Å². The van der Waals surface area contributed by atoms with Crippen LogP contribution in [0.3, 0.4) is 0 Å². The Hall–Kier alpha value is -1.72. The molecule has 0 spiro atoms. The second-order valence-electron chi connectivity index (χ2n) is 1.83. The van der Waals surface area contributed by atoms with Gasteiger partial charge in [-0.2, -0.15) is 9.50 Å². The number of nitrogen functional groups attached to an aromatic ring is 2. The molecule has 6 heteroatoms. The van der Waals surface area contributed by atoms with Gasteiger partial charge in [0.05, 0.1) is 6.20 Å². The zero-order valence-corrected chi connectivity index (χ0v) is 4.98. The Labute approximate surface area is 55.4 Å². The average molecular weight is 139 g/mol. The number of nitrogens with two attached hydrogens (primary N) is 2. The van der Waals surface area contributed by atoms with E-state index in [4.69, 9.17) is 15.9 Å². The second-order valence-corrected chi connectivity index (χ2v) is 1.83. The molecule has 2 aromatic heterocycles. The summed E-state index contributed by atoms with van der Waals surface area (Å²) in [6.45, 7) is 0. The van der Waals surface area contributed by atoms with E-state index in [9.17, 15) is 0 Å². The van der Waals surface area contributed by atoms with E-state index in [-0.39, 0.29) is 6.01 Å². The van der Waals surface area contributed by atoms with Gasteiger partial charge in [-0.05, 0) is 0 Å². The van der Waals surface area contributed by atoms with Crippen molar-refractivity contribution in [1.29, 1.82) is 0 Å². The maximum absolute atomic E-state index is 5.31. The Morgan fingerprint density at radius 1 is 1.50 bits per heavy atom. The summed E-state index contributed by atoms with van der Waals surface area (Å²) in [5, 5.41) is 3.72. The molecule has 0 radical (unpaired) electrons. The molecule has 2 rings (SSSR count). The first-order valence-electron chi connectivity index (χ1n) is 2.63. The lowest BCUT2D eigenvalue weighted by atomic mass is 10.8. The van der Waals surface area contributed by atoms with E-state index in [1.165, 1.54) is 10.7 Å². The Kier molecular flexibility index (Phi) is 0.717. The molecular formula is C4H5N5O. The molecule has 0 atom stereocenters. The SMILES string of the molecule is Nc1cn2nc(N)oc2n1. The number of aromatic nitrogens is 3. The number of fused-ring (bicyclic) bond motifs is 1. The summed E-state index contributed by atoms with van der Waals surface area (Å²) < 4.78 is 6.21. The summed E-state index contributed by atoms with van der Waals surface area (Å²) in [7, 11) is 0. The van der Waals surface area contributed by atoms with Gasteiger partial charge in [-0.15, -0.1) is 5.10 Å². The molecule has 0 fully saturated rings. The third kappa shape index (κ3) is 0.524. The topological polar surface area (TPSA) is 95.4 Å². The van der Waals surface area contributed by atoms with Gasteiger partial charge >= 0.3 is 11.9 Å². The highest BCUT2D eigenvalue weighted by atomic mass is 16.4. The van der Waals surface area contributed by atoms with Gasteiger partial charge in [-0.25, -0.2) is 0 Å². The minimum Gasteiger partial charge on any atom is -0.389 e. The van der Waals surface area contributed by atoms with Crippen LogP contribution in [0, 0.1) is 0 Å². The molecule has 52 valence electrons. The largest absolute Gasteiger partial charge is 0.389 e. The Morgan fingerprint density at radius 3 is 3.00 bits per heavy atom. The van der Waals surface area contributed by atoms with Crippen molar-refractivity contribution in [1.82, 2.24) is 14.6 Å². The van der Waals surface area contributed by atoms with E-state index in [1.54, 1.807) is 0 Å². The smallest absolute Gasteiger partial charge is 0.327 e. The third-order valence-corrected chi connectivity index (χ3v) is 1.08. The molecule has 0 aliphatic carbocycles. The van der Waals surface area contributed by atoms with Crippen LogP contribution in [0.15, 0.2) is 10.6 Å². The van der Waals surface area contributed by atoms with Gasteiger partial charge < -0.3 is 15.9 Å². The predicted octanol–water partition coefficient (Wildman–Crippen LogP) is -0.513. The molecule has 0 aliphatic rings. The van der Waals surface area contributed by atoms with Gasteiger partial charge in [-0.1, -0.05) is 0 Å². The summed E-state index contributed by atoms with van der Waals surface area (Å²) in [5.41, 5.74) is 10.5. The maximum Gasteiger partial charge on any atom is 0.327 e. The summed E-state index contributed by atoms with van der Waals surface area (Å²) in [6, 6.07) is 0.0856. The fraction of sp³-hybridized carbons (Fsp3) is 0. The lowest BCUT2D eigenvalue weighted by molar-refractivity contribution is 0.611. The summed E-state index contributed by atoms with van der Waals surface area (Å²) in [5.74, 6) is 0.682. The number of rotatable bonds is 0. The Balaban J connectivity index is 2.83. The van der Waals surface area contributed by atoms with Crippen LogP contribution in [-0.4, -0.2) is 14.6 Å². The molecule has 4 N–H and O–H groups in total. The normalized spacial score (nSPS) is 10.8. The minimum atomic E-state index is 0.0856. The maximum atomic E-state index is 5.31. The molecule has 0 unspecified atom stereocenters. The van der Waals surface area contributed by atoms with E-state index in [1.807, 2.05) is 0 Å². The molecule has 0 aromatic carbocycles. The van der Waals surface area contributed by atoms with Crippen LogP contribution in [-0.2, 0) is 0 Å². The number of nitrogens with zero attached hydrogens (tertiary/aromatic N) is 3. The van der Waals surface area contributed by atoms with Gasteiger partial charge in [0, 0.05) is 0 Å². The molecule has 0 saturated heterocycles. The fourth-order valence-electron chi connectivity index (χ4n) is 0.732. The van der Waals surface area contributed by atoms with Crippen molar-refractivity contribution in [2.45, 2.75) is 0 Å². The van der Waals surface area contributed by atoms with Crippen LogP contribution >= 0.6 is 0 Å². The molecule has 0 saturated carbocycles. The van der Waals surface area contributed by atoms with Crippen LogP contribution in [0.1, 0.15) is 0 Å². The predicted molar refractivity (Wildman–Crippen MR) is 34.1 cm³/mol. The van der Waals surface area contributed by atoms with Gasteiger partial charge in [-0.3, -0.25) is 0 Å². The zero-order chi connectivity index (χ0) is 7.14. The van der Waals surface area contributed by atoms with Crippen molar-refractivity contribution in [3.63, 3.8) is 0 Å². The third-order valence-electron chi connectivity index (χ3n) is 1.08. The quantitative estimate of drug-likeness (QED) is 0.512. The highest BCUT2D eigenvalue weighted by Crippen LogP contribution is 2.08. The van der Waals surface area contributed by atoms with Gasteiger partial charge in [0.25, 0.3) is 0 Å². The Morgan fingerprint density at radius 2 is 2.30 bits per heavy atom. The van der Waals surface area contributed by atoms with Crippen molar-refractivity contribution in [3.8, 4) is 0 Å². The first kappa shape index (κ1) is 5.10. The average Bonchev–Trinajstić information content (AvgIpc) is 2.21. The highest BCUT2D eigenvalue weighted by Gasteiger charge is 2.03. The van der Waals surface area contributed by atoms with Crippen LogP contribution in [0.5, 0.6) is 0 Å². The first-order chi connectivity index (χ1) is 4.75. The van der Waals surface area contributed by atoms with Crippen LogP contribution < -0.4 is 11.5 Å².